The summed E-state index contributed by atoms with van der Waals surface area (Å²) in [5, 5.41) is 15.4. The third-order valence-electron chi connectivity index (χ3n) is 16.6. The molecule has 11 aliphatic rings. The highest BCUT2D eigenvalue weighted by molar-refractivity contribution is 5.27. The van der Waals surface area contributed by atoms with E-state index in [0.29, 0.717) is 10.8 Å². The summed E-state index contributed by atoms with van der Waals surface area (Å²) in [6.45, 7) is 18.3. The predicted molar refractivity (Wildman–Crippen MR) is 196 cm³/mol. The first-order valence-corrected chi connectivity index (χ1v) is 20.6. The van der Waals surface area contributed by atoms with Crippen molar-refractivity contribution in [3.8, 4) is 0 Å². The molecule has 11 saturated carbocycles. The summed E-state index contributed by atoms with van der Waals surface area (Å²) in [6.07, 6.45) is 16.3. The minimum atomic E-state index is 0.615. The van der Waals surface area contributed by atoms with Crippen molar-refractivity contribution in [3.05, 3.63) is 35.9 Å². The Morgan fingerprint density at radius 2 is 1.26 bits per heavy atom. The van der Waals surface area contributed by atoms with E-state index in [0.717, 1.165) is 109 Å². The van der Waals surface area contributed by atoms with E-state index in [2.05, 4.69) is 86.2 Å². The Labute approximate surface area is 288 Å². The molecule has 0 aromatic heterocycles. The molecule has 0 radical (unpaired) electrons. The lowest BCUT2D eigenvalue weighted by atomic mass is 9.45. The van der Waals surface area contributed by atoms with Gasteiger partial charge in [-0.1, -0.05) is 65.0 Å². The fourth-order valence-electron chi connectivity index (χ4n) is 13.5. The molecule has 11 fully saturated rings. The van der Waals surface area contributed by atoms with Crippen molar-refractivity contribution >= 4 is 0 Å². The lowest BCUT2D eigenvalue weighted by molar-refractivity contribution is -0.115. The molecule has 0 spiro atoms. The van der Waals surface area contributed by atoms with Gasteiger partial charge in [-0.05, 0) is 153 Å². The average Bonchev–Trinajstić information content (AvgIpc) is 3.84. The molecule has 4 nitrogen and oxygen atoms in total. The Balaban J connectivity index is 0.000000138. The topological polar surface area (TPSA) is 48.1 Å². The van der Waals surface area contributed by atoms with Crippen molar-refractivity contribution in [3.63, 3.8) is 0 Å². The maximum atomic E-state index is 3.94. The summed E-state index contributed by atoms with van der Waals surface area (Å²) in [6, 6.07) is 13.3. The van der Waals surface area contributed by atoms with Gasteiger partial charge in [0.2, 0.25) is 0 Å². The van der Waals surface area contributed by atoms with Gasteiger partial charge in [-0.15, -0.1) is 0 Å². The molecule has 1 aromatic carbocycles. The van der Waals surface area contributed by atoms with Gasteiger partial charge in [0.25, 0.3) is 0 Å². The van der Waals surface area contributed by atoms with E-state index in [1.165, 1.54) is 76.3 Å². The predicted octanol–water partition coefficient (Wildman–Crippen LogP) is 7.86. The van der Waals surface area contributed by atoms with Gasteiger partial charge >= 0.3 is 0 Å². The normalized spacial score (nSPS) is 45.7. The van der Waals surface area contributed by atoms with Gasteiger partial charge in [-0.25, -0.2) is 0 Å². The third kappa shape index (κ3) is 6.54. The Hall–Kier alpha value is -0.940. The zero-order valence-corrected chi connectivity index (χ0v) is 30.8. The van der Waals surface area contributed by atoms with Gasteiger partial charge in [0, 0.05) is 50.2 Å². The number of hydrogen-bond acceptors (Lipinski definition) is 4. The second-order valence-corrected chi connectivity index (χ2v) is 19.6. The molecule has 262 valence electrons. The fraction of sp³-hybridized carbons (Fsp3) is 0.860. The molecule has 8 bridgehead atoms. The van der Waals surface area contributed by atoms with Gasteiger partial charge in [-0.2, -0.15) is 0 Å². The second kappa shape index (κ2) is 13.3. The summed E-state index contributed by atoms with van der Waals surface area (Å²) in [7, 11) is 0. The minimum absolute atomic E-state index is 0.615. The van der Waals surface area contributed by atoms with Gasteiger partial charge in [0.05, 0.1) is 0 Å². The van der Waals surface area contributed by atoms with Crippen molar-refractivity contribution in [2.45, 2.75) is 129 Å². The molecule has 0 heterocycles. The number of rotatable bonds is 12. The average molecular weight is 643 g/mol. The monoisotopic (exact) mass is 643 g/mol. The summed E-state index contributed by atoms with van der Waals surface area (Å²) in [5.74, 6) is 10.7. The Morgan fingerprint density at radius 3 is 1.91 bits per heavy atom. The van der Waals surface area contributed by atoms with Crippen LogP contribution in [0.5, 0.6) is 0 Å². The van der Waals surface area contributed by atoms with Crippen LogP contribution in [0.3, 0.4) is 0 Å². The van der Waals surface area contributed by atoms with Crippen LogP contribution < -0.4 is 21.3 Å². The number of nitrogens with one attached hydrogen (secondary N) is 4. The van der Waals surface area contributed by atoms with Gasteiger partial charge in [-0.3, -0.25) is 0 Å². The van der Waals surface area contributed by atoms with Crippen LogP contribution in [0.25, 0.3) is 0 Å². The van der Waals surface area contributed by atoms with Gasteiger partial charge in [0.15, 0.2) is 0 Å². The van der Waals surface area contributed by atoms with Crippen LogP contribution in [0.2, 0.25) is 0 Å². The molecular weight excluding hydrogens is 573 g/mol. The summed E-state index contributed by atoms with van der Waals surface area (Å²) >= 11 is 0. The van der Waals surface area contributed by atoms with Crippen molar-refractivity contribution in [2.75, 3.05) is 32.7 Å². The molecular formula is C43H70N4. The van der Waals surface area contributed by atoms with E-state index in [1.807, 2.05) is 0 Å². The molecule has 4 N–H and O–H groups in total. The van der Waals surface area contributed by atoms with Crippen molar-refractivity contribution in [2.24, 2.45) is 70.0 Å². The molecule has 2 unspecified atom stereocenters. The molecule has 11 aliphatic carbocycles. The maximum Gasteiger partial charge on any atom is 0.0143 e. The van der Waals surface area contributed by atoms with Gasteiger partial charge in [0.1, 0.15) is 0 Å². The lowest BCUT2D eigenvalue weighted by Crippen LogP contribution is -2.60. The van der Waals surface area contributed by atoms with Crippen LogP contribution in [0.1, 0.15) is 117 Å². The first kappa shape index (κ1) is 33.2. The molecule has 9 atom stereocenters. The number of benzene rings is 1. The summed E-state index contributed by atoms with van der Waals surface area (Å²) in [4.78, 5) is 0. The third-order valence-corrected chi connectivity index (χ3v) is 16.6. The van der Waals surface area contributed by atoms with E-state index >= 15 is 0 Å². The van der Waals surface area contributed by atoms with E-state index in [9.17, 15) is 0 Å². The molecule has 0 amide bonds. The molecule has 12 rings (SSSR count). The van der Waals surface area contributed by atoms with Crippen LogP contribution in [-0.2, 0) is 0 Å². The molecule has 0 aliphatic heterocycles. The Bertz CT molecular complexity index is 1160. The second-order valence-electron chi connectivity index (χ2n) is 19.6. The zero-order chi connectivity index (χ0) is 32.3. The molecule has 47 heavy (non-hydrogen) atoms. The van der Waals surface area contributed by atoms with Gasteiger partial charge < -0.3 is 21.3 Å². The molecule has 0 saturated heterocycles. The highest BCUT2D eigenvalue weighted by atomic mass is 15.0. The molecule has 1 aromatic rings. The minimum Gasteiger partial charge on any atom is -0.315 e. The first-order chi connectivity index (χ1) is 22.7. The quantitative estimate of drug-likeness (QED) is 0.176. The van der Waals surface area contributed by atoms with Crippen molar-refractivity contribution < 1.29 is 0 Å². The standard InChI is InChI=1S/C22H40N2.C21H30N2/c1-14-18-11-17(22(18,4)5)12-20(14)24-9-8-23-13-15-6-7-16-10-19(15)21(16,2)3;1-2-4-16(5-3-1)19-13-20(19)22-6-7-23-21-17-9-14-8-15(11-17)12-18(21)10-14/h14-20,23-24H,6-13H2,1-5H3;1-5,14-15,17-23H,6-13H2/t14-,15-,16-,17+,18-,19-,20-;/m0./s1. The fourth-order valence-corrected chi connectivity index (χ4v) is 13.5. The van der Waals surface area contributed by atoms with Crippen LogP contribution >= 0.6 is 0 Å². The summed E-state index contributed by atoms with van der Waals surface area (Å²) < 4.78 is 0. The number of fused-ring (bicyclic) bond motifs is 4. The van der Waals surface area contributed by atoms with Crippen LogP contribution in [0, 0.1) is 70.0 Å². The Morgan fingerprint density at radius 1 is 0.617 bits per heavy atom. The Kier molecular flexibility index (Phi) is 9.41. The van der Waals surface area contributed by atoms with Crippen LogP contribution in [0.15, 0.2) is 30.3 Å². The smallest absolute Gasteiger partial charge is 0.0143 e. The molecule has 4 heteroatoms. The maximum absolute atomic E-state index is 3.94. The van der Waals surface area contributed by atoms with E-state index in [-0.39, 0.29) is 0 Å². The first-order valence-electron chi connectivity index (χ1n) is 20.6. The highest BCUT2D eigenvalue weighted by Crippen LogP contribution is 2.62. The van der Waals surface area contributed by atoms with E-state index < -0.39 is 0 Å². The zero-order valence-electron chi connectivity index (χ0n) is 30.8. The largest absolute Gasteiger partial charge is 0.315 e. The highest BCUT2D eigenvalue weighted by Gasteiger charge is 2.56. The van der Waals surface area contributed by atoms with E-state index in [1.54, 1.807) is 6.42 Å². The summed E-state index contributed by atoms with van der Waals surface area (Å²) in [5.41, 5.74) is 2.76. The van der Waals surface area contributed by atoms with E-state index in [4.69, 9.17) is 0 Å². The van der Waals surface area contributed by atoms with Crippen LogP contribution in [-0.4, -0.2) is 50.8 Å². The van der Waals surface area contributed by atoms with Crippen molar-refractivity contribution in [1.29, 1.82) is 0 Å². The van der Waals surface area contributed by atoms with Crippen molar-refractivity contribution in [1.82, 2.24) is 21.3 Å². The van der Waals surface area contributed by atoms with Crippen LogP contribution in [0.4, 0.5) is 0 Å². The number of hydrogen-bond donors (Lipinski definition) is 4. The SMILES string of the molecule is C[C@@H]1[C@@H](NCCNC[C@@H]2CC[C@H]3C[C@@H]2C3(C)C)C[C@H]2C[C@@H]1C2(C)C.c1ccc(C2CC2NCCNC2C3CC4CC(C3)CC2C4)cc1. The lowest BCUT2D eigenvalue weighted by Gasteiger charge is -2.62.